The number of carboxylic acid groups (broad SMARTS) is 1. The fourth-order valence-electron chi connectivity index (χ4n) is 1.80. The number of carboxylic acids is 1. The molecule has 0 aliphatic rings. The minimum atomic E-state index is -0.981. The van der Waals surface area contributed by atoms with Crippen molar-refractivity contribution in [2.45, 2.75) is 13.3 Å². The molecule has 0 saturated heterocycles. The van der Waals surface area contributed by atoms with Gasteiger partial charge in [0, 0.05) is 18.7 Å². The summed E-state index contributed by atoms with van der Waals surface area (Å²) in [6.07, 6.45) is 5.08. The molecule has 0 aliphatic heterocycles. The maximum Gasteiger partial charge on any atom is 0.328 e. The quantitative estimate of drug-likeness (QED) is 0.453. The summed E-state index contributed by atoms with van der Waals surface area (Å²) >= 11 is 0. The Hall–Kier alpha value is -2.27. The van der Waals surface area contributed by atoms with Gasteiger partial charge in [-0.25, -0.2) is 4.79 Å². The number of carbonyl (C=O) groups is 1. The van der Waals surface area contributed by atoms with Gasteiger partial charge in [-0.2, -0.15) is 0 Å². The first-order valence-corrected chi connectivity index (χ1v) is 6.52. The molecule has 0 spiro atoms. The summed E-state index contributed by atoms with van der Waals surface area (Å²) in [7, 11) is 3.15. The van der Waals surface area contributed by atoms with E-state index >= 15 is 0 Å². The number of hydrogen-bond acceptors (Lipinski definition) is 4. The van der Waals surface area contributed by atoms with Crippen LogP contribution in [0, 0.1) is 0 Å². The Morgan fingerprint density at radius 2 is 2.10 bits per heavy atom. The van der Waals surface area contributed by atoms with Crippen LogP contribution in [0.25, 0.3) is 5.57 Å². The molecule has 1 aromatic carbocycles. The Balaban J connectivity index is 3.12. The van der Waals surface area contributed by atoms with Gasteiger partial charge in [0.05, 0.1) is 7.11 Å². The van der Waals surface area contributed by atoms with Crippen LogP contribution in [-0.2, 0) is 9.53 Å². The van der Waals surface area contributed by atoms with Gasteiger partial charge in [-0.15, -0.1) is 0 Å². The highest BCUT2D eigenvalue weighted by Crippen LogP contribution is 2.31. The monoisotopic (exact) mass is 292 g/mol. The third-order valence-electron chi connectivity index (χ3n) is 2.78. The summed E-state index contributed by atoms with van der Waals surface area (Å²) in [5, 5.41) is 8.64. The number of methoxy groups -OCH3 is 2. The van der Waals surface area contributed by atoms with Crippen LogP contribution < -0.4 is 9.47 Å². The van der Waals surface area contributed by atoms with E-state index in [-0.39, 0.29) is 6.79 Å². The van der Waals surface area contributed by atoms with E-state index in [4.69, 9.17) is 19.3 Å². The summed E-state index contributed by atoms with van der Waals surface area (Å²) in [4.78, 5) is 10.5. The summed E-state index contributed by atoms with van der Waals surface area (Å²) < 4.78 is 15.6. The van der Waals surface area contributed by atoms with Crippen LogP contribution >= 0.6 is 0 Å². The number of aliphatic carboxylic acids is 1. The smallest absolute Gasteiger partial charge is 0.328 e. The summed E-state index contributed by atoms with van der Waals surface area (Å²) in [6.45, 7) is 2.15. The Morgan fingerprint density at radius 3 is 2.67 bits per heavy atom. The minimum absolute atomic E-state index is 0.163. The number of rotatable bonds is 8. The molecule has 114 valence electrons. The second-order valence-corrected chi connectivity index (χ2v) is 4.16. The van der Waals surface area contributed by atoms with E-state index in [0.29, 0.717) is 11.5 Å². The van der Waals surface area contributed by atoms with Gasteiger partial charge in [0.15, 0.2) is 6.79 Å². The second-order valence-electron chi connectivity index (χ2n) is 4.16. The largest absolute Gasteiger partial charge is 0.496 e. The Morgan fingerprint density at radius 1 is 1.33 bits per heavy atom. The van der Waals surface area contributed by atoms with Crippen molar-refractivity contribution < 1.29 is 24.1 Å². The van der Waals surface area contributed by atoms with E-state index in [9.17, 15) is 4.79 Å². The van der Waals surface area contributed by atoms with Crippen LogP contribution in [0.4, 0.5) is 0 Å². The minimum Gasteiger partial charge on any atom is -0.496 e. The van der Waals surface area contributed by atoms with E-state index in [1.807, 2.05) is 19.1 Å². The zero-order chi connectivity index (χ0) is 15.7. The summed E-state index contributed by atoms with van der Waals surface area (Å²) in [6, 6.07) is 5.45. The molecule has 0 amide bonds. The van der Waals surface area contributed by atoms with Gasteiger partial charge >= 0.3 is 5.97 Å². The van der Waals surface area contributed by atoms with Crippen LogP contribution in [0.3, 0.4) is 0 Å². The number of ether oxygens (including phenoxy) is 3. The second kappa shape index (κ2) is 8.81. The Kier molecular flexibility index (Phi) is 7.04. The fraction of sp³-hybridized carbons (Fsp3) is 0.312. The molecule has 0 aliphatic carbocycles. The predicted octanol–water partition coefficient (Wildman–Crippen LogP) is 3.11. The van der Waals surface area contributed by atoms with E-state index in [1.54, 1.807) is 26.4 Å². The number of benzene rings is 1. The van der Waals surface area contributed by atoms with Crippen molar-refractivity contribution in [2.75, 3.05) is 21.0 Å². The third kappa shape index (κ3) is 5.31. The SMILES string of the molecule is CC/C(=C/C=C/C(=O)O)c1cc(OCOC)ccc1OC. The maximum atomic E-state index is 10.5. The molecule has 0 aromatic heterocycles. The summed E-state index contributed by atoms with van der Waals surface area (Å²) in [5.41, 5.74) is 1.82. The first kappa shape index (κ1) is 16.8. The maximum absolute atomic E-state index is 10.5. The van der Waals surface area contributed by atoms with Crippen LogP contribution in [0.5, 0.6) is 11.5 Å². The topological polar surface area (TPSA) is 65.0 Å². The van der Waals surface area contributed by atoms with Gasteiger partial charge in [-0.05, 0) is 30.2 Å². The van der Waals surface area contributed by atoms with Crippen molar-refractivity contribution in [1.82, 2.24) is 0 Å². The third-order valence-corrected chi connectivity index (χ3v) is 2.78. The molecule has 0 atom stereocenters. The highest BCUT2D eigenvalue weighted by molar-refractivity contribution is 5.81. The molecule has 0 radical (unpaired) electrons. The predicted molar refractivity (Wildman–Crippen MR) is 80.5 cm³/mol. The lowest BCUT2D eigenvalue weighted by Gasteiger charge is -2.13. The Labute approximate surface area is 124 Å². The van der Waals surface area contributed by atoms with E-state index < -0.39 is 5.97 Å². The van der Waals surface area contributed by atoms with Gasteiger partial charge in [0.1, 0.15) is 11.5 Å². The molecular formula is C16H20O5. The van der Waals surface area contributed by atoms with Gasteiger partial charge in [0.2, 0.25) is 0 Å². The van der Waals surface area contributed by atoms with Gasteiger partial charge in [-0.3, -0.25) is 0 Å². The van der Waals surface area contributed by atoms with Crippen LogP contribution in [0.1, 0.15) is 18.9 Å². The van der Waals surface area contributed by atoms with Crippen molar-refractivity contribution in [2.24, 2.45) is 0 Å². The molecule has 5 heteroatoms. The average Bonchev–Trinajstić information content (AvgIpc) is 2.49. The van der Waals surface area contributed by atoms with E-state index in [2.05, 4.69) is 0 Å². The molecule has 1 rings (SSSR count). The normalized spacial score (nSPS) is 11.7. The molecule has 0 unspecified atom stereocenters. The fourth-order valence-corrected chi connectivity index (χ4v) is 1.80. The van der Waals surface area contributed by atoms with Crippen molar-refractivity contribution in [1.29, 1.82) is 0 Å². The van der Waals surface area contributed by atoms with Crippen LogP contribution in [-0.4, -0.2) is 32.1 Å². The standard InChI is InChI=1S/C16H20O5/c1-4-12(6-5-7-16(17)18)14-10-13(21-11-19-2)8-9-15(14)20-3/h5-10H,4,11H2,1-3H3,(H,17,18)/b7-5+,12-6-. The average molecular weight is 292 g/mol. The lowest BCUT2D eigenvalue weighted by atomic mass is 10.0. The number of allylic oxidation sites excluding steroid dienone is 3. The van der Waals surface area contributed by atoms with Crippen LogP contribution in [0.15, 0.2) is 36.4 Å². The molecule has 1 aromatic rings. The molecule has 0 fully saturated rings. The van der Waals surface area contributed by atoms with Gasteiger partial charge < -0.3 is 19.3 Å². The van der Waals surface area contributed by atoms with Gasteiger partial charge in [-0.1, -0.05) is 19.1 Å². The van der Waals surface area contributed by atoms with Gasteiger partial charge in [0.25, 0.3) is 0 Å². The first-order chi connectivity index (χ1) is 10.1. The molecule has 5 nitrogen and oxygen atoms in total. The van der Waals surface area contributed by atoms with Crippen LogP contribution in [0.2, 0.25) is 0 Å². The first-order valence-electron chi connectivity index (χ1n) is 6.52. The molecule has 0 saturated carbocycles. The highest BCUT2D eigenvalue weighted by atomic mass is 16.7. The molecule has 1 N–H and O–H groups in total. The highest BCUT2D eigenvalue weighted by Gasteiger charge is 2.09. The van der Waals surface area contributed by atoms with Crippen molar-refractivity contribution in [3.63, 3.8) is 0 Å². The number of hydrogen-bond donors (Lipinski definition) is 1. The Bertz CT molecular complexity index is 531. The zero-order valence-corrected chi connectivity index (χ0v) is 12.5. The van der Waals surface area contributed by atoms with Crippen molar-refractivity contribution in [3.05, 3.63) is 42.0 Å². The zero-order valence-electron chi connectivity index (χ0n) is 12.5. The molecule has 21 heavy (non-hydrogen) atoms. The van der Waals surface area contributed by atoms with Crippen molar-refractivity contribution >= 4 is 11.5 Å². The lowest BCUT2D eigenvalue weighted by molar-refractivity contribution is -0.131. The van der Waals surface area contributed by atoms with E-state index in [0.717, 1.165) is 23.6 Å². The molecule has 0 heterocycles. The van der Waals surface area contributed by atoms with E-state index in [1.165, 1.54) is 6.08 Å². The summed E-state index contributed by atoms with van der Waals surface area (Å²) in [5.74, 6) is 0.386. The molecule has 0 bridgehead atoms. The van der Waals surface area contributed by atoms with Crippen molar-refractivity contribution in [3.8, 4) is 11.5 Å². The molecular weight excluding hydrogens is 272 g/mol. The lowest BCUT2D eigenvalue weighted by Crippen LogP contribution is -2.00.